The molecule has 0 saturated carbocycles. The smallest absolute Gasteiger partial charge is 0.0995 e. The van der Waals surface area contributed by atoms with Gasteiger partial charge in [-0.15, -0.1) is 0 Å². The Hall–Kier alpha value is -2.99. The zero-order chi connectivity index (χ0) is 14.7. The van der Waals surface area contributed by atoms with Gasteiger partial charge in [0.1, 0.15) is 0 Å². The summed E-state index contributed by atoms with van der Waals surface area (Å²) >= 11 is 0. The lowest BCUT2D eigenvalue weighted by Gasteiger charge is -2.11. The quantitative estimate of drug-likeness (QED) is 0.902. The minimum Gasteiger partial charge on any atom is -0.347 e. The van der Waals surface area contributed by atoms with Crippen LogP contribution in [0, 0.1) is 11.3 Å². The molecule has 1 heterocycles. The van der Waals surface area contributed by atoms with Gasteiger partial charge in [-0.25, -0.2) is 0 Å². The van der Waals surface area contributed by atoms with Gasteiger partial charge in [-0.05, 0) is 28.8 Å². The number of hydrogen-bond donors (Lipinski definition) is 2. The van der Waals surface area contributed by atoms with Crippen molar-refractivity contribution in [2.24, 2.45) is 0 Å². The van der Waals surface area contributed by atoms with Crippen molar-refractivity contribution >= 4 is 0 Å². The van der Waals surface area contributed by atoms with Crippen LogP contribution in [0.25, 0.3) is 11.1 Å². The summed E-state index contributed by atoms with van der Waals surface area (Å²) in [5, 5.41) is 15.2. The van der Waals surface area contributed by atoms with Crippen LogP contribution in [0.5, 0.6) is 0 Å². The molecule has 0 fully saturated rings. The molecule has 102 valence electrons. The van der Waals surface area contributed by atoms with Crippen LogP contribution in [0.4, 0.5) is 0 Å². The van der Waals surface area contributed by atoms with Gasteiger partial charge in [0.15, 0.2) is 0 Å². The van der Waals surface area contributed by atoms with Crippen LogP contribution in [-0.2, 0) is 6.42 Å². The SMILES string of the molecule is C=C1NC=C(Cc2ccccc2-c2ccc(C#N)cc2)N1. The average molecular weight is 273 g/mol. The predicted molar refractivity (Wildman–Crippen MR) is 83.8 cm³/mol. The van der Waals surface area contributed by atoms with Crippen molar-refractivity contribution in [3.8, 4) is 17.2 Å². The molecule has 2 aromatic rings. The molecule has 1 aliphatic heterocycles. The first-order chi connectivity index (χ1) is 10.3. The molecule has 21 heavy (non-hydrogen) atoms. The maximum absolute atomic E-state index is 8.89. The average Bonchev–Trinajstić information content (AvgIpc) is 2.93. The Kier molecular flexibility index (Phi) is 3.44. The third-order valence-corrected chi connectivity index (χ3v) is 3.46. The van der Waals surface area contributed by atoms with Crippen molar-refractivity contribution in [3.63, 3.8) is 0 Å². The van der Waals surface area contributed by atoms with E-state index in [4.69, 9.17) is 5.26 Å². The second-order valence-electron chi connectivity index (χ2n) is 4.94. The van der Waals surface area contributed by atoms with Crippen molar-refractivity contribution < 1.29 is 0 Å². The van der Waals surface area contributed by atoms with E-state index in [0.29, 0.717) is 5.56 Å². The van der Waals surface area contributed by atoms with Crippen molar-refractivity contribution in [3.05, 3.63) is 84.0 Å². The van der Waals surface area contributed by atoms with Crippen LogP contribution in [0.15, 0.2) is 72.8 Å². The molecule has 0 spiro atoms. The van der Waals surface area contributed by atoms with Crippen LogP contribution in [0.1, 0.15) is 11.1 Å². The minimum absolute atomic E-state index is 0.678. The Morgan fingerprint density at radius 2 is 1.81 bits per heavy atom. The first-order valence-corrected chi connectivity index (χ1v) is 6.76. The summed E-state index contributed by atoms with van der Waals surface area (Å²) in [4.78, 5) is 0. The second kappa shape index (κ2) is 5.56. The van der Waals surface area contributed by atoms with E-state index in [9.17, 15) is 0 Å². The highest BCUT2D eigenvalue weighted by Crippen LogP contribution is 2.26. The Bertz CT molecular complexity index is 749. The van der Waals surface area contributed by atoms with Gasteiger partial charge in [-0.3, -0.25) is 0 Å². The lowest BCUT2D eigenvalue weighted by Crippen LogP contribution is -2.11. The summed E-state index contributed by atoms with van der Waals surface area (Å²) in [6.07, 6.45) is 2.75. The largest absolute Gasteiger partial charge is 0.347 e. The molecule has 0 aliphatic carbocycles. The van der Waals surface area contributed by atoms with E-state index >= 15 is 0 Å². The van der Waals surface area contributed by atoms with Crippen molar-refractivity contribution in [1.82, 2.24) is 10.6 Å². The molecule has 3 rings (SSSR count). The molecule has 2 aromatic carbocycles. The van der Waals surface area contributed by atoms with Crippen molar-refractivity contribution in [2.75, 3.05) is 0 Å². The molecule has 0 radical (unpaired) electrons. The van der Waals surface area contributed by atoms with Gasteiger partial charge in [0, 0.05) is 18.3 Å². The molecule has 1 aliphatic rings. The molecule has 0 aromatic heterocycles. The molecule has 0 saturated heterocycles. The Balaban J connectivity index is 1.92. The molecule has 0 bridgehead atoms. The van der Waals surface area contributed by atoms with Crippen molar-refractivity contribution in [1.29, 1.82) is 5.26 Å². The molecular weight excluding hydrogens is 258 g/mol. The predicted octanol–water partition coefficient (Wildman–Crippen LogP) is 3.27. The van der Waals surface area contributed by atoms with E-state index < -0.39 is 0 Å². The van der Waals surface area contributed by atoms with Crippen LogP contribution >= 0.6 is 0 Å². The van der Waals surface area contributed by atoms with E-state index in [2.05, 4.69) is 35.4 Å². The van der Waals surface area contributed by atoms with Gasteiger partial charge in [-0.1, -0.05) is 43.0 Å². The number of nitrogens with one attached hydrogen (secondary N) is 2. The number of rotatable bonds is 3. The molecular formula is C18H15N3. The second-order valence-corrected chi connectivity index (χ2v) is 4.94. The highest BCUT2D eigenvalue weighted by Gasteiger charge is 2.10. The molecule has 3 nitrogen and oxygen atoms in total. The third-order valence-electron chi connectivity index (χ3n) is 3.46. The summed E-state index contributed by atoms with van der Waals surface area (Å²) in [5.74, 6) is 0.806. The molecule has 0 amide bonds. The Morgan fingerprint density at radius 1 is 1.05 bits per heavy atom. The van der Waals surface area contributed by atoms with Gasteiger partial charge in [-0.2, -0.15) is 5.26 Å². The number of nitrogens with zero attached hydrogens (tertiary/aromatic N) is 1. The number of allylic oxidation sites excluding steroid dienone is 1. The molecule has 0 atom stereocenters. The lowest BCUT2D eigenvalue weighted by molar-refractivity contribution is 0.928. The fourth-order valence-corrected chi connectivity index (χ4v) is 2.42. The minimum atomic E-state index is 0.678. The standard InChI is InChI=1S/C18H15N3/c1-13-20-12-17(21-13)10-16-4-2-3-5-18(16)15-8-6-14(11-19)7-9-15/h2-9,12,20-21H,1,10H2. The van der Waals surface area contributed by atoms with Crippen LogP contribution < -0.4 is 10.6 Å². The topological polar surface area (TPSA) is 47.9 Å². The zero-order valence-corrected chi connectivity index (χ0v) is 11.6. The summed E-state index contributed by atoms with van der Waals surface area (Å²) in [6, 6.07) is 18.1. The van der Waals surface area contributed by atoms with E-state index in [1.807, 2.05) is 42.6 Å². The monoisotopic (exact) mass is 273 g/mol. The molecule has 2 N–H and O–H groups in total. The van der Waals surface area contributed by atoms with Crippen LogP contribution in [0.2, 0.25) is 0 Å². The van der Waals surface area contributed by atoms with Gasteiger partial charge in [0.05, 0.1) is 17.5 Å². The van der Waals surface area contributed by atoms with Crippen molar-refractivity contribution in [2.45, 2.75) is 6.42 Å². The van der Waals surface area contributed by atoms with Gasteiger partial charge in [0.25, 0.3) is 0 Å². The van der Waals surface area contributed by atoms with E-state index in [1.54, 1.807) is 0 Å². The van der Waals surface area contributed by atoms with Gasteiger partial charge in [0.2, 0.25) is 0 Å². The molecule has 3 heteroatoms. The number of benzene rings is 2. The lowest BCUT2D eigenvalue weighted by atomic mass is 9.96. The van der Waals surface area contributed by atoms with Crippen LogP contribution in [0.3, 0.4) is 0 Å². The fourth-order valence-electron chi connectivity index (χ4n) is 2.42. The van der Waals surface area contributed by atoms with Gasteiger partial charge >= 0.3 is 0 Å². The number of nitriles is 1. The summed E-state index contributed by atoms with van der Waals surface area (Å²) in [6.45, 7) is 3.84. The van der Waals surface area contributed by atoms with E-state index in [-0.39, 0.29) is 0 Å². The normalized spacial score (nSPS) is 13.1. The first-order valence-electron chi connectivity index (χ1n) is 6.76. The fraction of sp³-hybridized carbons (Fsp3) is 0.0556. The highest BCUT2D eigenvalue weighted by atomic mass is 15.1. The Morgan fingerprint density at radius 3 is 2.48 bits per heavy atom. The highest BCUT2D eigenvalue weighted by molar-refractivity contribution is 5.68. The van der Waals surface area contributed by atoms with Crippen LogP contribution in [-0.4, -0.2) is 0 Å². The number of hydrogen-bond acceptors (Lipinski definition) is 3. The first kappa shape index (κ1) is 13.0. The Labute approximate surface area is 124 Å². The zero-order valence-electron chi connectivity index (χ0n) is 11.6. The molecule has 0 unspecified atom stereocenters. The summed E-state index contributed by atoms with van der Waals surface area (Å²) < 4.78 is 0. The van der Waals surface area contributed by atoms with Gasteiger partial charge < -0.3 is 10.6 Å². The maximum atomic E-state index is 8.89. The third kappa shape index (κ3) is 2.80. The summed E-state index contributed by atoms with van der Waals surface area (Å²) in [5.41, 5.74) is 5.31. The van der Waals surface area contributed by atoms with E-state index in [1.165, 1.54) is 11.1 Å². The summed E-state index contributed by atoms with van der Waals surface area (Å²) in [7, 11) is 0. The maximum Gasteiger partial charge on any atom is 0.0995 e. The van der Waals surface area contributed by atoms with E-state index in [0.717, 1.165) is 23.5 Å².